The molecule has 1 aromatic rings. The summed E-state index contributed by atoms with van der Waals surface area (Å²) in [6.07, 6.45) is 3.10. The molecule has 0 aliphatic heterocycles. The minimum absolute atomic E-state index is 0.566. The third-order valence-electron chi connectivity index (χ3n) is 1.53. The molecule has 0 radical (unpaired) electrons. The average molecular weight is 194 g/mol. The van der Waals surface area contributed by atoms with Crippen molar-refractivity contribution in [2.75, 3.05) is 7.11 Å². The van der Waals surface area contributed by atoms with E-state index < -0.39 is 0 Å². The molecule has 0 aromatic heterocycles. The molecule has 66 valence electrons. The van der Waals surface area contributed by atoms with Crippen molar-refractivity contribution in [1.29, 1.82) is 5.26 Å². The summed E-state index contributed by atoms with van der Waals surface area (Å²) in [7, 11) is 1.55. The number of nitrogens with zero attached hydrogens (tertiary/aromatic N) is 1. The Morgan fingerprint density at radius 1 is 1.54 bits per heavy atom. The second kappa shape index (κ2) is 4.54. The van der Waals surface area contributed by atoms with E-state index in [4.69, 9.17) is 21.6 Å². The summed E-state index contributed by atoms with van der Waals surface area (Å²) in [5.41, 5.74) is 0.891. The first-order chi connectivity index (χ1) is 6.27. The van der Waals surface area contributed by atoms with Crippen LogP contribution in [0.2, 0.25) is 5.02 Å². The Hall–Kier alpha value is -1.46. The highest BCUT2D eigenvalue weighted by molar-refractivity contribution is 6.32. The molecule has 0 aliphatic carbocycles. The van der Waals surface area contributed by atoms with Gasteiger partial charge in [0.05, 0.1) is 18.2 Å². The van der Waals surface area contributed by atoms with Crippen molar-refractivity contribution in [3.63, 3.8) is 0 Å². The van der Waals surface area contributed by atoms with Crippen LogP contribution in [0.4, 0.5) is 0 Å². The molecule has 0 unspecified atom stereocenters. The van der Waals surface area contributed by atoms with E-state index in [1.54, 1.807) is 25.3 Å². The fraction of sp³-hybridized carbons (Fsp3) is 0.100. The summed E-state index contributed by atoms with van der Waals surface area (Å²) in [5.74, 6) is 0.613. The summed E-state index contributed by atoms with van der Waals surface area (Å²) in [6, 6.07) is 7.24. The number of ether oxygens (including phenoxy) is 1. The van der Waals surface area contributed by atoms with Crippen molar-refractivity contribution in [2.24, 2.45) is 0 Å². The number of benzene rings is 1. The van der Waals surface area contributed by atoms with Crippen molar-refractivity contribution in [3.8, 4) is 11.8 Å². The largest absolute Gasteiger partial charge is 0.495 e. The molecule has 0 aliphatic rings. The first-order valence-corrected chi connectivity index (χ1v) is 4.05. The zero-order valence-electron chi connectivity index (χ0n) is 7.12. The van der Waals surface area contributed by atoms with Crippen molar-refractivity contribution in [1.82, 2.24) is 0 Å². The number of methoxy groups -OCH3 is 1. The average Bonchev–Trinajstić information content (AvgIpc) is 2.16. The maximum absolute atomic E-state index is 8.31. The van der Waals surface area contributed by atoms with Crippen LogP contribution < -0.4 is 4.74 Å². The molecule has 1 aromatic carbocycles. The molecule has 13 heavy (non-hydrogen) atoms. The van der Waals surface area contributed by atoms with Crippen LogP contribution in [0.25, 0.3) is 6.08 Å². The van der Waals surface area contributed by atoms with E-state index in [1.165, 1.54) is 6.08 Å². The number of rotatable bonds is 2. The topological polar surface area (TPSA) is 33.0 Å². The third-order valence-corrected chi connectivity index (χ3v) is 1.84. The van der Waals surface area contributed by atoms with Crippen LogP contribution >= 0.6 is 11.6 Å². The summed E-state index contributed by atoms with van der Waals surface area (Å²) < 4.78 is 5.02. The van der Waals surface area contributed by atoms with Gasteiger partial charge >= 0.3 is 0 Å². The maximum atomic E-state index is 8.31. The lowest BCUT2D eigenvalue weighted by molar-refractivity contribution is 0.415. The van der Waals surface area contributed by atoms with Crippen molar-refractivity contribution < 1.29 is 4.74 Å². The van der Waals surface area contributed by atoms with Crippen LogP contribution in [0.3, 0.4) is 0 Å². The normalized spacial score (nSPS) is 9.92. The Balaban J connectivity index is 3.01. The molecule has 0 N–H and O–H groups in total. The molecule has 0 saturated carbocycles. The second-order valence-corrected chi connectivity index (χ2v) is 2.76. The van der Waals surface area contributed by atoms with Gasteiger partial charge in [0.1, 0.15) is 5.75 Å². The van der Waals surface area contributed by atoms with Gasteiger partial charge in [-0.1, -0.05) is 17.7 Å². The van der Waals surface area contributed by atoms with Gasteiger partial charge in [-0.3, -0.25) is 0 Å². The molecular weight excluding hydrogens is 186 g/mol. The van der Waals surface area contributed by atoms with Crippen LogP contribution in [0.1, 0.15) is 5.56 Å². The molecular formula is C10H8ClNO. The number of allylic oxidation sites excluding steroid dienone is 1. The van der Waals surface area contributed by atoms with Gasteiger partial charge in [0, 0.05) is 6.08 Å². The fourth-order valence-corrected chi connectivity index (χ4v) is 1.11. The van der Waals surface area contributed by atoms with Gasteiger partial charge in [0.2, 0.25) is 0 Å². The van der Waals surface area contributed by atoms with E-state index in [-0.39, 0.29) is 0 Å². The van der Waals surface area contributed by atoms with Crippen molar-refractivity contribution >= 4 is 17.7 Å². The van der Waals surface area contributed by atoms with Crippen LogP contribution in [0, 0.1) is 11.3 Å². The minimum Gasteiger partial charge on any atom is -0.495 e. The SMILES string of the molecule is COc1cc(C=CC#N)ccc1Cl. The zero-order chi connectivity index (χ0) is 9.68. The lowest BCUT2D eigenvalue weighted by Crippen LogP contribution is -1.84. The van der Waals surface area contributed by atoms with E-state index in [9.17, 15) is 0 Å². The van der Waals surface area contributed by atoms with Crippen molar-refractivity contribution in [2.45, 2.75) is 0 Å². The summed E-state index contributed by atoms with van der Waals surface area (Å²) in [6.45, 7) is 0. The van der Waals surface area contributed by atoms with Gasteiger partial charge in [0.25, 0.3) is 0 Å². The molecule has 2 nitrogen and oxygen atoms in total. The molecule has 0 atom stereocenters. The number of hydrogen-bond donors (Lipinski definition) is 0. The van der Waals surface area contributed by atoms with Gasteiger partial charge in [-0.15, -0.1) is 0 Å². The molecule has 0 amide bonds. The fourth-order valence-electron chi connectivity index (χ4n) is 0.914. The van der Waals surface area contributed by atoms with Gasteiger partial charge in [-0.2, -0.15) is 5.26 Å². The summed E-state index contributed by atoms with van der Waals surface area (Å²) in [4.78, 5) is 0. The first kappa shape index (κ1) is 9.63. The van der Waals surface area contributed by atoms with Gasteiger partial charge in [0.15, 0.2) is 0 Å². The number of halogens is 1. The molecule has 0 spiro atoms. The quantitative estimate of drug-likeness (QED) is 0.677. The van der Waals surface area contributed by atoms with Crippen molar-refractivity contribution in [3.05, 3.63) is 34.9 Å². The molecule has 1 rings (SSSR count). The van der Waals surface area contributed by atoms with E-state index in [0.717, 1.165) is 5.56 Å². The van der Waals surface area contributed by atoms with E-state index in [2.05, 4.69) is 0 Å². The zero-order valence-corrected chi connectivity index (χ0v) is 7.88. The Bertz CT molecular complexity index is 366. The molecule has 0 bridgehead atoms. The Morgan fingerprint density at radius 2 is 2.31 bits per heavy atom. The highest BCUT2D eigenvalue weighted by Crippen LogP contribution is 2.25. The lowest BCUT2D eigenvalue weighted by atomic mass is 10.2. The predicted molar refractivity (Wildman–Crippen MR) is 52.7 cm³/mol. The Kier molecular flexibility index (Phi) is 3.36. The Labute approximate surface area is 82.0 Å². The van der Waals surface area contributed by atoms with Crippen LogP contribution in [0.15, 0.2) is 24.3 Å². The van der Waals surface area contributed by atoms with E-state index in [0.29, 0.717) is 10.8 Å². The second-order valence-electron chi connectivity index (χ2n) is 2.36. The van der Waals surface area contributed by atoms with Gasteiger partial charge < -0.3 is 4.74 Å². The summed E-state index contributed by atoms with van der Waals surface area (Å²) >= 11 is 5.82. The highest BCUT2D eigenvalue weighted by Gasteiger charge is 1.98. The monoisotopic (exact) mass is 193 g/mol. The molecule has 3 heteroatoms. The number of hydrogen-bond acceptors (Lipinski definition) is 2. The standard InChI is InChI=1S/C10H8ClNO/c1-13-10-7-8(3-2-6-12)4-5-9(10)11/h2-5,7H,1H3. The van der Waals surface area contributed by atoms with Crippen LogP contribution in [-0.2, 0) is 0 Å². The first-order valence-electron chi connectivity index (χ1n) is 3.67. The summed E-state index contributed by atoms with van der Waals surface area (Å²) in [5, 5.41) is 8.88. The highest BCUT2D eigenvalue weighted by atomic mass is 35.5. The van der Waals surface area contributed by atoms with E-state index in [1.807, 2.05) is 12.1 Å². The van der Waals surface area contributed by atoms with Crippen LogP contribution in [0.5, 0.6) is 5.75 Å². The lowest BCUT2D eigenvalue weighted by Gasteiger charge is -2.02. The number of nitriles is 1. The molecule has 0 heterocycles. The van der Waals surface area contributed by atoms with Gasteiger partial charge in [-0.05, 0) is 23.8 Å². The molecule has 0 fully saturated rings. The maximum Gasteiger partial charge on any atom is 0.138 e. The third kappa shape index (κ3) is 2.50. The van der Waals surface area contributed by atoms with Crippen LogP contribution in [-0.4, -0.2) is 7.11 Å². The van der Waals surface area contributed by atoms with E-state index >= 15 is 0 Å². The Morgan fingerprint density at radius 3 is 2.92 bits per heavy atom. The van der Waals surface area contributed by atoms with Gasteiger partial charge in [-0.25, -0.2) is 0 Å². The predicted octanol–water partition coefficient (Wildman–Crippen LogP) is 2.89. The molecule has 0 saturated heterocycles. The smallest absolute Gasteiger partial charge is 0.138 e. The minimum atomic E-state index is 0.566.